The molecule has 0 atom stereocenters. The van der Waals surface area contributed by atoms with E-state index in [1.165, 1.54) is 16.7 Å². The topological polar surface area (TPSA) is 39.4 Å². The smallest absolute Gasteiger partial charge is 0.162 e. The van der Waals surface area contributed by atoms with Crippen LogP contribution in [0, 0.1) is 13.8 Å². The number of rotatable bonds is 7. The first-order valence-electron chi connectivity index (χ1n) is 9.27. The van der Waals surface area contributed by atoms with Crippen LogP contribution >= 0.6 is 0 Å². The minimum absolute atomic E-state index is 0.706. The highest BCUT2D eigenvalue weighted by atomic mass is 16.5. The number of hydrogen-bond acceptors (Lipinski definition) is 3. The second-order valence-electron chi connectivity index (χ2n) is 7.53. The summed E-state index contributed by atoms with van der Waals surface area (Å²) in [6.07, 6.45) is 2.65. The summed E-state index contributed by atoms with van der Waals surface area (Å²) < 4.78 is 11.6. The molecule has 3 aromatic rings. The summed E-state index contributed by atoms with van der Waals surface area (Å²) in [6.45, 7) is 7.60. The van der Waals surface area contributed by atoms with Crippen molar-refractivity contribution in [1.82, 2.24) is 0 Å². The molecule has 0 amide bonds. The van der Waals surface area contributed by atoms with Gasteiger partial charge in [0.25, 0.3) is 0 Å². The fourth-order valence-electron chi connectivity index (χ4n) is 2.96. The van der Waals surface area contributed by atoms with E-state index in [0.29, 0.717) is 5.75 Å². The minimum Gasteiger partial charge on any atom is -0.480 e. The summed E-state index contributed by atoms with van der Waals surface area (Å²) in [5.41, 5.74) is 4.00. The molecule has 0 saturated carbocycles. The Hall–Kier alpha value is -2.81. The van der Waals surface area contributed by atoms with Crippen molar-refractivity contribution in [3.05, 3.63) is 77.0 Å². The standard InChI is InChI=1S/C24H26O3/c1-17-5-10-20(11-6-17)23-15-21(18(2)26-23)12-7-19-8-13-22(14-9-19)27-24(3,4)16-25/h5-6,8-11,13-16H,7,12H2,1-4H3. The number of aryl methyl sites for hydroxylation is 4. The Balaban J connectivity index is 1.65. The summed E-state index contributed by atoms with van der Waals surface area (Å²) in [5, 5.41) is 0. The summed E-state index contributed by atoms with van der Waals surface area (Å²) in [4.78, 5) is 11.0. The number of furan rings is 1. The average molecular weight is 362 g/mol. The summed E-state index contributed by atoms with van der Waals surface area (Å²) >= 11 is 0. The first kappa shape index (κ1) is 19.0. The fraction of sp³-hybridized carbons (Fsp3) is 0.292. The molecule has 140 valence electrons. The molecule has 1 heterocycles. The Kier molecular flexibility index (Phi) is 5.50. The molecule has 0 radical (unpaired) electrons. The summed E-state index contributed by atoms with van der Waals surface area (Å²) in [5.74, 6) is 2.60. The van der Waals surface area contributed by atoms with Crippen molar-refractivity contribution in [3.8, 4) is 17.1 Å². The highest BCUT2D eigenvalue weighted by Crippen LogP contribution is 2.27. The molecular weight excluding hydrogens is 336 g/mol. The first-order chi connectivity index (χ1) is 12.9. The van der Waals surface area contributed by atoms with Gasteiger partial charge in [-0.15, -0.1) is 0 Å². The maximum absolute atomic E-state index is 11.0. The molecule has 1 aromatic heterocycles. The molecule has 0 fully saturated rings. The predicted molar refractivity (Wildman–Crippen MR) is 108 cm³/mol. The number of carbonyl (C=O) groups is 1. The zero-order valence-electron chi connectivity index (χ0n) is 16.4. The number of ether oxygens (including phenoxy) is 1. The van der Waals surface area contributed by atoms with E-state index in [9.17, 15) is 4.79 Å². The second kappa shape index (κ2) is 7.83. The maximum Gasteiger partial charge on any atom is 0.162 e. The van der Waals surface area contributed by atoms with Gasteiger partial charge in [0.15, 0.2) is 11.9 Å². The van der Waals surface area contributed by atoms with Crippen molar-refractivity contribution < 1.29 is 13.9 Å². The molecule has 0 spiro atoms. The van der Waals surface area contributed by atoms with E-state index < -0.39 is 5.60 Å². The molecule has 0 aliphatic heterocycles. The molecule has 3 nitrogen and oxygen atoms in total. The Labute approximate surface area is 161 Å². The zero-order chi connectivity index (χ0) is 19.4. The van der Waals surface area contributed by atoms with Crippen molar-refractivity contribution in [2.75, 3.05) is 0 Å². The van der Waals surface area contributed by atoms with E-state index >= 15 is 0 Å². The second-order valence-corrected chi connectivity index (χ2v) is 7.53. The first-order valence-corrected chi connectivity index (χ1v) is 9.27. The zero-order valence-corrected chi connectivity index (χ0v) is 16.4. The quantitative estimate of drug-likeness (QED) is 0.506. The molecule has 0 N–H and O–H groups in total. The fourth-order valence-corrected chi connectivity index (χ4v) is 2.96. The van der Waals surface area contributed by atoms with Gasteiger partial charge in [0, 0.05) is 5.56 Å². The van der Waals surface area contributed by atoms with Crippen molar-refractivity contribution >= 4 is 6.29 Å². The lowest BCUT2D eigenvalue weighted by Crippen LogP contribution is -2.29. The van der Waals surface area contributed by atoms with Crippen LogP contribution in [-0.2, 0) is 17.6 Å². The lowest BCUT2D eigenvalue weighted by Gasteiger charge is -2.19. The van der Waals surface area contributed by atoms with Gasteiger partial charge in [-0.3, -0.25) is 4.79 Å². The molecule has 2 aromatic carbocycles. The number of aldehydes is 1. The van der Waals surface area contributed by atoms with E-state index in [4.69, 9.17) is 9.15 Å². The van der Waals surface area contributed by atoms with E-state index in [-0.39, 0.29) is 0 Å². The van der Waals surface area contributed by atoms with E-state index in [1.54, 1.807) is 13.8 Å². The molecule has 0 saturated heterocycles. The van der Waals surface area contributed by atoms with Gasteiger partial charge in [-0.1, -0.05) is 42.0 Å². The lowest BCUT2D eigenvalue weighted by molar-refractivity contribution is -0.118. The minimum atomic E-state index is -0.804. The van der Waals surface area contributed by atoms with Crippen LogP contribution in [0.25, 0.3) is 11.3 Å². The number of benzene rings is 2. The molecule has 0 aliphatic rings. The summed E-state index contributed by atoms with van der Waals surface area (Å²) in [6, 6.07) is 18.5. The molecule has 0 bridgehead atoms. The van der Waals surface area contributed by atoms with Crippen molar-refractivity contribution in [2.24, 2.45) is 0 Å². The van der Waals surface area contributed by atoms with Crippen molar-refractivity contribution in [2.45, 2.75) is 46.1 Å². The van der Waals surface area contributed by atoms with E-state index in [2.05, 4.69) is 37.3 Å². The summed E-state index contributed by atoms with van der Waals surface area (Å²) in [7, 11) is 0. The van der Waals surface area contributed by atoms with Gasteiger partial charge in [-0.05, 0) is 69.9 Å². The van der Waals surface area contributed by atoms with Gasteiger partial charge in [-0.25, -0.2) is 0 Å². The average Bonchev–Trinajstić information content (AvgIpc) is 3.02. The van der Waals surface area contributed by atoms with Gasteiger partial charge < -0.3 is 9.15 Å². The van der Waals surface area contributed by atoms with Crippen LogP contribution in [0.1, 0.15) is 36.3 Å². The Bertz CT molecular complexity index is 900. The van der Waals surface area contributed by atoms with E-state index in [0.717, 1.165) is 36.2 Å². The SMILES string of the molecule is Cc1ccc(-c2cc(CCc3ccc(OC(C)(C)C=O)cc3)c(C)o2)cc1. The predicted octanol–water partition coefficient (Wildman–Crippen LogP) is 5.70. The van der Waals surface area contributed by atoms with Crippen LogP contribution in [0.3, 0.4) is 0 Å². The monoisotopic (exact) mass is 362 g/mol. The highest BCUT2D eigenvalue weighted by Gasteiger charge is 2.18. The number of hydrogen-bond donors (Lipinski definition) is 0. The van der Waals surface area contributed by atoms with Crippen LogP contribution in [0.4, 0.5) is 0 Å². The number of carbonyl (C=O) groups excluding carboxylic acids is 1. The van der Waals surface area contributed by atoms with E-state index in [1.807, 2.05) is 31.2 Å². The largest absolute Gasteiger partial charge is 0.480 e. The van der Waals surface area contributed by atoms with Crippen LogP contribution in [0.5, 0.6) is 5.75 Å². The maximum atomic E-state index is 11.0. The molecule has 3 heteroatoms. The van der Waals surface area contributed by atoms with Crippen LogP contribution in [0.2, 0.25) is 0 Å². The molecular formula is C24H26O3. The lowest BCUT2D eigenvalue weighted by atomic mass is 10.0. The normalized spacial score (nSPS) is 11.4. The third-order valence-corrected chi connectivity index (χ3v) is 4.63. The van der Waals surface area contributed by atoms with Gasteiger partial charge in [0.2, 0.25) is 0 Å². The Morgan fingerprint density at radius 3 is 2.26 bits per heavy atom. The van der Waals surface area contributed by atoms with Gasteiger partial charge in [0.05, 0.1) is 0 Å². The van der Waals surface area contributed by atoms with Crippen molar-refractivity contribution in [3.63, 3.8) is 0 Å². The van der Waals surface area contributed by atoms with Crippen LogP contribution in [-0.4, -0.2) is 11.9 Å². The van der Waals surface area contributed by atoms with Gasteiger partial charge in [0.1, 0.15) is 17.3 Å². The van der Waals surface area contributed by atoms with Crippen LogP contribution < -0.4 is 4.74 Å². The highest BCUT2D eigenvalue weighted by molar-refractivity contribution is 5.61. The third-order valence-electron chi connectivity index (χ3n) is 4.63. The van der Waals surface area contributed by atoms with Gasteiger partial charge >= 0.3 is 0 Å². The third kappa shape index (κ3) is 4.88. The van der Waals surface area contributed by atoms with Gasteiger partial charge in [-0.2, -0.15) is 0 Å². The molecule has 27 heavy (non-hydrogen) atoms. The Morgan fingerprint density at radius 2 is 1.63 bits per heavy atom. The van der Waals surface area contributed by atoms with Crippen LogP contribution in [0.15, 0.2) is 59.0 Å². The molecule has 0 unspecified atom stereocenters. The molecule has 0 aliphatic carbocycles. The van der Waals surface area contributed by atoms with Crippen molar-refractivity contribution in [1.29, 1.82) is 0 Å². The Morgan fingerprint density at radius 1 is 0.963 bits per heavy atom. The molecule has 3 rings (SSSR count).